The van der Waals surface area contributed by atoms with Crippen molar-refractivity contribution in [1.29, 1.82) is 0 Å². The number of hydrogen-bond acceptors (Lipinski definition) is 5. The number of nitrogens with two attached hydrogens (primary N) is 1. The molecule has 2 aliphatic heterocycles. The van der Waals surface area contributed by atoms with Crippen LogP contribution in [0.2, 0.25) is 0 Å². The summed E-state index contributed by atoms with van der Waals surface area (Å²) in [6, 6.07) is 5.91. The average molecular weight is 417 g/mol. The summed E-state index contributed by atoms with van der Waals surface area (Å²) in [5, 5.41) is 11.4. The predicted molar refractivity (Wildman–Crippen MR) is 104 cm³/mol. The van der Waals surface area contributed by atoms with Gasteiger partial charge in [-0.1, -0.05) is 6.07 Å². The van der Waals surface area contributed by atoms with Gasteiger partial charge >= 0.3 is 0 Å². The van der Waals surface area contributed by atoms with E-state index in [9.17, 15) is 18.0 Å². The lowest BCUT2D eigenvalue weighted by Gasteiger charge is -2.17. The first-order valence-corrected chi connectivity index (χ1v) is 10.3. The number of hydrogen-bond donors (Lipinski definition) is 3. The van der Waals surface area contributed by atoms with Gasteiger partial charge in [0.1, 0.15) is 0 Å². The quantitative estimate of drug-likeness (QED) is 0.612. The number of rotatable bonds is 6. The van der Waals surface area contributed by atoms with Crippen molar-refractivity contribution in [3.8, 4) is 0 Å². The number of halogens is 1. The molecule has 2 fully saturated rings. The van der Waals surface area contributed by atoms with E-state index in [1.807, 2.05) is 0 Å². The van der Waals surface area contributed by atoms with E-state index < -0.39 is 15.9 Å². The molecule has 0 radical (unpaired) electrons. The minimum atomic E-state index is -3.84. The number of primary sulfonamides is 1. The number of carbonyl (C=O) groups is 2. The highest BCUT2D eigenvalue weighted by Crippen LogP contribution is 2.27. The van der Waals surface area contributed by atoms with Crippen molar-refractivity contribution in [2.45, 2.75) is 24.2 Å². The third-order valence-corrected chi connectivity index (χ3v) is 5.88. The van der Waals surface area contributed by atoms with E-state index in [1.165, 1.54) is 23.1 Å². The largest absolute Gasteiger partial charge is 0.356 e. The van der Waals surface area contributed by atoms with Crippen LogP contribution < -0.4 is 20.7 Å². The van der Waals surface area contributed by atoms with Gasteiger partial charge in [-0.3, -0.25) is 9.59 Å². The molecular weight excluding hydrogens is 392 g/mol. The highest BCUT2D eigenvalue weighted by Gasteiger charge is 2.35. The number of anilines is 1. The summed E-state index contributed by atoms with van der Waals surface area (Å²) < 4.78 is 23.0. The highest BCUT2D eigenvalue weighted by atomic mass is 35.5. The van der Waals surface area contributed by atoms with Crippen molar-refractivity contribution in [3.05, 3.63) is 24.3 Å². The fourth-order valence-electron chi connectivity index (χ4n) is 3.47. The molecule has 8 nitrogen and oxygen atoms in total. The molecule has 150 valence electrons. The van der Waals surface area contributed by atoms with Crippen molar-refractivity contribution >= 4 is 39.9 Å². The zero-order chi connectivity index (χ0) is 18.7. The van der Waals surface area contributed by atoms with Crippen LogP contribution in [0.5, 0.6) is 0 Å². The molecule has 2 amide bonds. The van der Waals surface area contributed by atoms with Crippen LogP contribution in [-0.2, 0) is 19.6 Å². The summed E-state index contributed by atoms with van der Waals surface area (Å²) in [6.45, 7) is 2.87. The van der Waals surface area contributed by atoms with Gasteiger partial charge in [0, 0.05) is 25.2 Å². The van der Waals surface area contributed by atoms with Crippen LogP contribution in [0.25, 0.3) is 0 Å². The Kier molecular flexibility index (Phi) is 7.21. The van der Waals surface area contributed by atoms with E-state index in [0.717, 1.165) is 25.9 Å². The lowest BCUT2D eigenvalue weighted by atomic mass is 10.0. The molecule has 1 aromatic carbocycles. The van der Waals surface area contributed by atoms with Gasteiger partial charge < -0.3 is 15.5 Å². The maximum Gasteiger partial charge on any atom is 0.238 e. The number of nitrogens with zero attached hydrogens (tertiary/aromatic N) is 1. The number of amides is 2. The molecule has 0 bridgehead atoms. The maximum absolute atomic E-state index is 12.3. The first-order valence-electron chi connectivity index (χ1n) is 8.76. The second kappa shape index (κ2) is 9.01. The molecule has 0 saturated carbocycles. The zero-order valence-electron chi connectivity index (χ0n) is 14.9. The summed E-state index contributed by atoms with van der Waals surface area (Å²) in [6.07, 6.45) is 2.18. The van der Waals surface area contributed by atoms with Gasteiger partial charge in [-0.15, -0.1) is 12.4 Å². The summed E-state index contributed by atoms with van der Waals surface area (Å²) in [5.74, 6) is -0.161. The third kappa shape index (κ3) is 5.41. The van der Waals surface area contributed by atoms with Gasteiger partial charge in [0.05, 0.1) is 10.8 Å². The Hall–Kier alpha value is -1.68. The topological polar surface area (TPSA) is 122 Å². The van der Waals surface area contributed by atoms with Gasteiger partial charge in [-0.25, -0.2) is 13.6 Å². The lowest BCUT2D eigenvalue weighted by Crippen LogP contribution is -2.34. The SMILES string of the molecule is Cl.NS(=O)(=O)c1cccc(N2CC(C(=O)NCCC3CCNC3)CC2=O)c1. The number of nitrogens with one attached hydrogen (secondary N) is 2. The standard InChI is InChI=1S/C17H24N4O4S.ClH/c18-26(24,25)15-3-1-2-14(9-15)21-11-13(8-16(21)22)17(23)20-7-5-12-4-6-19-10-12;/h1-3,9,12-13,19H,4-8,10-11H2,(H,20,23)(H2,18,24,25);1H. The summed E-state index contributed by atoms with van der Waals surface area (Å²) in [5.41, 5.74) is 0.439. The Morgan fingerprint density at radius 1 is 1.37 bits per heavy atom. The molecule has 2 saturated heterocycles. The Balaban J connectivity index is 0.00000261. The Labute approximate surface area is 165 Å². The summed E-state index contributed by atoms with van der Waals surface area (Å²) in [7, 11) is -3.84. The molecule has 2 atom stereocenters. The maximum atomic E-state index is 12.3. The Bertz CT molecular complexity index is 796. The first kappa shape index (κ1) is 21.6. The number of sulfonamides is 1. The molecule has 0 aromatic heterocycles. The molecular formula is C17H25ClN4O4S. The second-order valence-corrected chi connectivity index (χ2v) is 8.45. The number of carbonyl (C=O) groups excluding carboxylic acids is 2. The summed E-state index contributed by atoms with van der Waals surface area (Å²) >= 11 is 0. The average Bonchev–Trinajstić information content (AvgIpc) is 3.24. The predicted octanol–water partition coefficient (Wildman–Crippen LogP) is 0.225. The zero-order valence-corrected chi connectivity index (χ0v) is 16.5. The van der Waals surface area contributed by atoms with Crippen LogP contribution in [0.4, 0.5) is 5.69 Å². The first-order chi connectivity index (χ1) is 12.3. The van der Waals surface area contributed by atoms with E-state index >= 15 is 0 Å². The van der Waals surface area contributed by atoms with E-state index in [0.29, 0.717) is 18.2 Å². The fourth-order valence-corrected chi connectivity index (χ4v) is 4.02. The minimum absolute atomic E-state index is 0. The molecule has 2 unspecified atom stereocenters. The van der Waals surface area contributed by atoms with Crippen LogP contribution in [0.3, 0.4) is 0 Å². The smallest absolute Gasteiger partial charge is 0.238 e. The van der Waals surface area contributed by atoms with Crippen molar-refractivity contribution < 1.29 is 18.0 Å². The van der Waals surface area contributed by atoms with Gasteiger partial charge in [-0.2, -0.15) is 0 Å². The van der Waals surface area contributed by atoms with Crippen molar-refractivity contribution in [2.75, 3.05) is 31.1 Å². The van der Waals surface area contributed by atoms with Crippen LogP contribution in [0, 0.1) is 11.8 Å². The van der Waals surface area contributed by atoms with Crippen molar-refractivity contribution in [1.82, 2.24) is 10.6 Å². The van der Waals surface area contributed by atoms with Crippen LogP contribution in [0.15, 0.2) is 29.2 Å². The molecule has 2 heterocycles. The van der Waals surface area contributed by atoms with Gasteiger partial charge in [0.2, 0.25) is 21.8 Å². The van der Waals surface area contributed by atoms with Crippen LogP contribution in [-0.4, -0.2) is 46.4 Å². The molecule has 2 aliphatic rings. The lowest BCUT2D eigenvalue weighted by molar-refractivity contribution is -0.126. The normalized spacial score (nSPS) is 22.6. The minimum Gasteiger partial charge on any atom is -0.356 e. The van der Waals surface area contributed by atoms with E-state index in [2.05, 4.69) is 10.6 Å². The van der Waals surface area contributed by atoms with E-state index in [4.69, 9.17) is 5.14 Å². The monoisotopic (exact) mass is 416 g/mol. The molecule has 10 heteroatoms. The Morgan fingerprint density at radius 2 is 2.15 bits per heavy atom. The Morgan fingerprint density at radius 3 is 2.81 bits per heavy atom. The third-order valence-electron chi connectivity index (χ3n) is 4.97. The van der Waals surface area contributed by atoms with Gasteiger partial charge in [-0.05, 0) is 50.0 Å². The summed E-state index contributed by atoms with van der Waals surface area (Å²) in [4.78, 5) is 26.0. The molecule has 3 rings (SSSR count). The van der Waals surface area contributed by atoms with Crippen molar-refractivity contribution in [3.63, 3.8) is 0 Å². The van der Waals surface area contributed by atoms with Gasteiger partial charge in [0.25, 0.3) is 0 Å². The van der Waals surface area contributed by atoms with Gasteiger partial charge in [0.15, 0.2) is 0 Å². The molecule has 0 aliphatic carbocycles. The van der Waals surface area contributed by atoms with E-state index in [-0.39, 0.29) is 42.1 Å². The molecule has 4 N–H and O–H groups in total. The fraction of sp³-hybridized carbons (Fsp3) is 0.529. The molecule has 27 heavy (non-hydrogen) atoms. The van der Waals surface area contributed by atoms with Crippen molar-refractivity contribution in [2.24, 2.45) is 17.0 Å². The molecule has 0 spiro atoms. The van der Waals surface area contributed by atoms with Crippen LogP contribution >= 0.6 is 12.4 Å². The van der Waals surface area contributed by atoms with Crippen LogP contribution in [0.1, 0.15) is 19.3 Å². The molecule has 1 aromatic rings. The number of benzene rings is 1. The van der Waals surface area contributed by atoms with E-state index in [1.54, 1.807) is 6.07 Å². The highest BCUT2D eigenvalue weighted by molar-refractivity contribution is 7.89. The second-order valence-electron chi connectivity index (χ2n) is 6.89.